The lowest BCUT2D eigenvalue weighted by Crippen LogP contribution is -2.28. The number of nitrogens with zero attached hydrogens (tertiary/aromatic N) is 4. The minimum atomic E-state index is 0.876. The van der Waals surface area contributed by atoms with Gasteiger partial charge in [-0.2, -0.15) is 0 Å². The first-order chi connectivity index (χ1) is 9.63. The van der Waals surface area contributed by atoms with Crippen molar-refractivity contribution in [1.82, 2.24) is 14.9 Å². The van der Waals surface area contributed by atoms with Gasteiger partial charge in [0.1, 0.15) is 16.5 Å². The predicted octanol–water partition coefficient (Wildman–Crippen LogP) is 2.24. The van der Waals surface area contributed by atoms with Crippen LogP contribution < -0.4 is 4.90 Å². The van der Waals surface area contributed by atoms with Crippen molar-refractivity contribution in [2.24, 2.45) is 17.8 Å². The Labute approximate surface area is 123 Å². The fourth-order valence-corrected chi connectivity index (χ4v) is 4.50. The molecule has 1 unspecified atom stereocenters. The molecular weight excluding hydrogens is 268 g/mol. The minimum Gasteiger partial charge on any atom is -0.355 e. The van der Waals surface area contributed by atoms with Gasteiger partial charge in [0.15, 0.2) is 0 Å². The van der Waals surface area contributed by atoms with E-state index in [-0.39, 0.29) is 0 Å². The van der Waals surface area contributed by atoms with Gasteiger partial charge >= 0.3 is 0 Å². The average molecular weight is 288 g/mol. The molecule has 2 aromatic rings. The van der Waals surface area contributed by atoms with Crippen LogP contribution in [0.1, 0.15) is 5.82 Å². The van der Waals surface area contributed by atoms with Gasteiger partial charge in [-0.3, -0.25) is 0 Å². The van der Waals surface area contributed by atoms with Gasteiger partial charge in [0.2, 0.25) is 0 Å². The molecule has 2 aromatic heterocycles. The summed E-state index contributed by atoms with van der Waals surface area (Å²) in [5.74, 6) is 4.70. The van der Waals surface area contributed by atoms with Crippen LogP contribution in [0.25, 0.3) is 10.2 Å². The van der Waals surface area contributed by atoms with Crippen LogP contribution in [0, 0.1) is 24.7 Å². The van der Waals surface area contributed by atoms with Gasteiger partial charge in [-0.1, -0.05) is 0 Å². The summed E-state index contributed by atoms with van der Waals surface area (Å²) in [7, 11) is 4.35. The molecule has 4 nitrogen and oxygen atoms in total. The second-order valence-corrected chi connectivity index (χ2v) is 7.29. The van der Waals surface area contributed by atoms with Crippen molar-refractivity contribution < 1.29 is 0 Å². The van der Waals surface area contributed by atoms with E-state index in [1.807, 2.05) is 6.92 Å². The molecule has 0 N–H and O–H groups in total. The molecule has 1 aliphatic heterocycles. The van der Waals surface area contributed by atoms with Crippen molar-refractivity contribution in [1.29, 1.82) is 0 Å². The van der Waals surface area contributed by atoms with E-state index in [4.69, 9.17) is 4.98 Å². The summed E-state index contributed by atoms with van der Waals surface area (Å²) in [4.78, 5) is 15.2. The molecule has 106 valence electrons. The number of rotatable bonds is 3. The molecule has 0 spiro atoms. The number of anilines is 1. The molecule has 0 radical (unpaired) electrons. The van der Waals surface area contributed by atoms with Gasteiger partial charge in [0.05, 0.1) is 5.39 Å². The summed E-state index contributed by atoms with van der Waals surface area (Å²) in [6.45, 7) is 5.57. The van der Waals surface area contributed by atoms with Crippen LogP contribution in [-0.4, -0.2) is 48.6 Å². The van der Waals surface area contributed by atoms with Gasteiger partial charge in [0.25, 0.3) is 0 Å². The van der Waals surface area contributed by atoms with Crippen LogP contribution in [0.5, 0.6) is 0 Å². The molecule has 1 saturated heterocycles. The van der Waals surface area contributed by atoms with Crippen molar-refractivity contribution in [3.63, 3.8) is 0 Å². The van der Waals surface area contributed by atoms with Crippen molar-refractivity contribution in [3.05, 3.63) is 17.3 Å². The van der Waals surface area contributed by atoms with Crippen LogP contribution in [0.3, 0.4) is 0 Å². The summed E-state index contributed by atoms with van der Waals surface area (Å²) in [6, 6.07) is 2.16. The topological polar surface area (TPSA) is 32.3 Å². The van der Waals surface area contributed by atoms with Gasteiger partial charge in [-0.05, 0) is 50.2 Å². The molecule has 1 saturated carbocycles. The molecule has 5 heteroatoms. The zero-order valence-electron chi connectivity index (χ0n) is 12.2. The normalized spacial score (nSPS) is 28.4. The lowest BCUT2D eigenvalue weighted by molar-refractivity contribution is 0.366. The van der Waals surface area contributed by atoms with Crippen molar-refractivity contribution in [2.45, 2.75) is 6.92 Å². The smallest absolute Gasteiger partial charge is 0.141 e. The maximum Gasteiger partial charge on any atom is 0.141 e. The first-order valence-corrected chi connectivity index (χ1v) is 8.13. The maximum atomic E-state index is 4.71. The second-order valence-electron chi connectivity index (χ2n) is 6.39. The fourth-order valence-electron chi connectivity index (χ4n) is 3.70. The Morgan fingerprint density at radius 3 is 2.75 bits per heavy atom. The number of fused-ring (bicyclic) bond motifs is 2. The minimum absolute atomic E-state index is 0.876. The van der Waals surface area contributed by atoms with Crippen molar-refractivity contribution in [2.75, 3.05) is 38.6 Å². The molecule has 0 aromatic carbocycles. The SMILES string of the molecule is Cc1nc(N2C[C@@H]3C(CN(C)C)[C@@H]3C2)c2ccsc2n1. The Morgan fingerprint density at radius 1 is 1.30 bits per heavy atom. The second kappa shape index (κ2) is 4.40. The van der Waals surface area contributed by atoms with Crippen LogP contribution in [-0.2, 0) is 0 Å². The molecule has 3 atom stereocenters. The fraction of sp³-hybridized carbons (Fsp3) is 0.600. The molecule has 2 fully saturated rings. The monoisotopic (exact) mass is 288 g/mol. The van der Waals surface area contributed by atoms with E-state index < -0.39 is 0 Å². The molecule has 2 aliphatic rings. The highest BCUT2D eigenvalue weighted by molar-refractivity contribution is 7.16. The van der Waals surface area contributed by atoms with E-state index >= 15 is 0 Å². The van der Waals surface area contributed by atoms with E-state index in [1.165, 1.54) is 25.0 Å². The van der Waals surface area contributed by atoms with E-state index in [0.29, 0.717) is 0 Å². The Balaban J connectivity index is 1.57. The Hall–Kier alpha value is -1.20. The Kier molecular flexibility index (Phi) is 2.76. The Morgan fingerprint density at radius 2 is 2.05 bits per heavy atom. The van der Waals surface area contributed by atoms with E-state index in [2.05, 4.69) is 40.3 Å². The summed E-state index contributed by atoms with van der Waals surface area (Å²) < 4.78 is 0. The quantitative estimate of drug-likeness (QED) is 0.867. The predicted molar refractivity (Wildman–Crippen MR) is 83.4 cm³/mol. The molecule has 0 amide bonds. The van der Waals surface area contributed by atoms with Crippen molar-refractivity contribution in [3.8, 4) is 0 Å². The molecule has 4 rings (SSSR count). The highest BCUT2D eigenvalue weighted by atomic mass is 32.1. The van der Waals surface area contributed by atoms with Gasteiger partial charge in [-0.15, -0.1) is 11.3 Å². The molecule has 0 bridgehead atoms. The van der Waals surface area contributed by atoms with Crippen molar-refractivity contribution >= 4 is 27.4 Å². The summed E-state index contributed by atoms with van der Waals surface area (Å²) in [6.07, 6.45) is 0. The number of thiophene rings is 1. The first-order valence-electron chi connectivity index (χ1n) is 7.25. The molecule has 20 heavy (non-hydrogen) atoms. The van der Waals surface area contributed by atoms with E-state index in [9.17, 15) is 0 Å². The van der Waals surface area contributed by atoms with Crippen LogP contribution in [0.2, 0.25) is 0 Å². The lowest BCUT2D eigenvalue weighted by atomic mass is 10.2. The van der Waals surface area contributed by atoms with Gasteiger partial charge in [-0.25, -0.2) is 9.97 Å². The highest BCUT2D eigenvalue weighted by Gasteiger charge is 2.55. The van der Waals surface area contributed by atoms with Crippen LogP contribution >= 0.6 is 11.3 Å². The number of aryl methyl sites for hydroxylation is 1. The molecule has 1 aliphatic carbocycles. The number of aromatic nitrogens is 2. The largest absolute Gasteiger partial charge is 0.355 e. The van der Waals surface area contributed by atoms with E-state index in [0.717, 1.165) is 34.2 Å². The number of hydrogen-bond donors (Lipinski definition) is 0. The number of piperidine rings is 1. The zero-order valence-corrected chi connectivity index (χ0v) is 13.0. The zero-order chi connectivity index (χ0) is 13.9. The molecular formula is C15H20N4S. The first kappa shape index (κ1) is 12.5. The van der Waals surface area contributed by atoms with Gasteiger partial charge < -0.3 is 9.80 Å². The number of hydrogen-bond acceptors (Lipinski definition) is 5. The van der Waals surface area contributed by atoms with Gasteiger partial charge in [0, 0.05) is 19.6 Å². The third-order valence-electron chi connectivity index (χ3n) is 4.66. The molecule has 3 heterocycles. The average Bonchev–Trinajstić information content (AvgIpc) is 2.84. The standard InChI is InChI=1S/C15H20N4S/c1-9-16-14(10-4-5-20-15(10)17-9)19-7-12-11(6-18(2)3)13(12)8-19/h4-5,11-13H,6-8H2,1-3H3/t11?,12-,13+. The Bertz CT molecular complexity index is 638. The summed E-state index contributed by atoms with van der Waals surface area (Å²) >= 11 is 1.71. The maximum absolute atomic E-state index is 4.71. The lowest BCUT2D eigenvalue weighted by Gasteiger charge is -2.22. The highest BCUT2D eigenvalue weighted by Crippen LogP contribution is 2.53. The van der Waals surface area contributed by atoms with Crippen LogP contribution in [0.15, 0.2) is 11.4 Å². The summed E-state index contributed by atoms with van der Waals surface area (Å²) in [5, 5.41) is 3.35. The third-order valence-corrected chi connectivity index (χ3v) is 5.47. The summed E-state index contributed by atoms with van der Waals surface area (Å²) in [5.41, 5.74) is 0. The van der Waals surface area contributed by atoms with E-state index in [1.54, 1.807) is 11.3 Å². The van der Waals surface area contributed by atoms with Crippen LogP contribution in [0.4, 0.5) is 5.82 Å². The third kappa shape index (κ3) is 1.91.